The van der Waals surface area contributed by atoms with Gasteiger partial charge in [-0.25, -0.2) is 4.79 Å². The van der Waals surface area contributed by atoms with Crippen LogP contribution in [0.1, 0.15) is 23.6 Å². The number of fused-ring (bicyclic) bond motifs is 3. The molecular weight excluding hydrogens is 380 g/mol. The van der Waals surface area contributed by atoms with E-state index in [1.807, 2.05) is 31.2 Å². The van der Waals surface area contributed by atoms with Gasteiger partial charge in [-0.05, 0) is 36.2 Å². The Morgan fingerprint density at radius 2 is 1.50 bits per heavy atom. The standard InChI is InChI=1S/C24H20N2O4/c1-15(16-11-12-21(22(13-16)29-2)30-14-23(27)28)25-26-24-19-9-5-3-7-17(19)18-8-4-6-10-20(18)24/h3-13H,14H2,1-2H3,(H,27,28)/b25-15-. The van der Waals surface area contributed by atoms with Gasteiger partial charge in [-0.1, -0.05) is 48.5 Å². The smallest absolute Gasteiger partial charge is 0.341 e. The number of carboxylic acids is 1. The third-order valence-electron chi connectivity index (χ3n) is 4.89. The molecule has 3 aromatic carbocycles. The highest BCUT2D eigenvalue weighted by Gasteiger charge is 2.24. The minimum atomic E-state index is -1.05. The molecule has 0 saturated heterocycles. The van der Waals surface area contributed by atoms with Crippen LogP contribution >= 0.6 is 0 Å². The number of rotatable bonds is 6. The minimum Gasteiger partial charge on any atom is -0.493 e. The van der Waals surface area contributed by atoms with E-state index in [4.69, 9.17) is 14.6 Å². The number of benzene rings is 3. The Morgan fingerprint density at radius 1 is 0.900 bits per heavy atom. The first kappa shape index (κ1) is 19.4. The van der Waals surface area contributed by atoms with Crippen molar-refractivity contribution in [2.24, 2.45) is 10.2 Å². The highest BCUT2D eigenvalue weighted by molar-refractivity contribution is 6.24. The second-order valence-corrected chi connectivity index (χ2v) is 6.77. The zero-order chi connectivity index (χ0) is 21.1. The lowest BCUT2D eigenvalue weighted by Gasteiger charge is -2.10. The Balaban J connectivity index is 1.68. The summed E-state index contributed by atoms with van der Waals surface area (Å²) in [6, 6.07) is 21.6. The Bertz CT molecular complexity index is 1130. The number of carbonyl (C=O) groups is 1. The molecule has 0 spiro atoms. The van der Waals surface area contributed by atoms with Crippen LogP contribution in [0.4, 0.5) is 0 Å². The maximum atomic E-state index is 10.7. The average Bonchev–Trinajstić information content (AvgIpc) is 3.09. The van der Waals surface area contributed by atoms with Gasteiger partial charge >= 0.3 is 5.97 Å². The summed E-state index contributed by atoms with van der Waals surface area (Å²) in [5.41, 5.74) is 6.78. The molecule has 0 unspecified atom stereocenters. The Kier molecular flexibility index (Phi) is 5.30. The lowest BCUT2D eigenvalue weighted by atomic mass is 10.1. The summed E-state index contributed by atoms with van der Waals surface area (Å²) in [7, 11) is 1.51. The zero-order valence-electron chi connectivity index (χ0n) is 16.6. The van der Waals surface area contributed by atoms with Crippen LogP contribution in [0.25, 0.3) is 11.1 Å². The van der Waals surface area contributed by atoms with Gasteiger partial charge in [0.15, 0.2) is 18.1 Å². The molecule has 0 atom stereocenters. The largest absolute Gasteiger partial charge is 0.493 e. The lowest BCUT2D eigenvalue weighted by molar-refractivity contribution is -0.139. The summed E-state index contributed by atoms with van der Waals surface area (Å²) in [5.74, 6) is -0.249. The van der Waals surface area contributed by atoms with Gasteiger partial charge in [-0.3, -0.25) is 0 Å². The second-order valence-electron chi connectivity index (χ2n) is 6.77. The van der Waals surface area contributed by atoms with Crippen molar-refractivity contribution < 1.29 is 19.4 Å². The predicted octanol–water partition coefficient (Wildman–Crippen LogP) is 4.40. The molecule has 6 heteroatoms. The molecule has 6 nitrogen and oxygen atoms in total. The summed E-state index contributed by atoms with van der Waals surface area (Å²) >= 11 is 0. The monoisotopic (exact) mass is 400 g/mol. The van der Waals surface area contributed by atoms with Crippen LogP contribution in [0.15, 0.2) is 76.9 Å². The summed E-state index contributed by atoms with van der Waals surface area (Å²) in [4.78, 5) is 10.7. The molecule has 1 aliphatic carbocycles. The molecule has 0 bridgehead atoms. The first-order valence-electron chi connectivity index (χ1n) is 9.43. The number of aliphatic carboxylic acids is 1. The van der Waals surface area contributed by atoms with Crippen molar-refractivity contribution in [1.82, 2.24) is 0 Å². The minimum absolute atomic E-state index is 0.362. The molecule has 0 aliphatic heterocycles. The number of carboxylic acid groups (broad SMARTS) is 1. The normalized spacial score (nSPS) is 12.2. The molecule has 0 fully saturated rings. The van der Waals surface area contributed by atoms with Crippen molar-refractivity contribution in [3.8, 4) is 22.6 Å². The quantitative estimate of drug-likeness (QED) is 0.384. The molecule has 3 aromatic rings. The van der Waals surface area contributed by atoms with E-state index in [1.165, 1.54) is 7.11 Å². The van der Waals surface area contributed by atoms with E-state index in [1.54, 1.807) is 18.2 Å². The van der Waals surface area contributed by atoms with Crippen molar-refractivity contribution >= 4 is 17.4 Å². The first-order chi connectivity index (χ1) is 14.6. The van der Waals surface area contributed by atoms with E-state index < -0.39 is 12.6 Å². The molecule has 30 heavy (non-hydrogen) atoms. The molecule has 0 saturated carbocycles. The van der Waals surface area contributed by atoms with Crippen LogP contribution in [0, 0.1) is 0 Å². The van der Waals surface area contributed by atoms with Crippen LogP contribution in [0.3, 0.4) is 0 Å². The highest BCUT2D eigenvalue weighted by Crippen LogP contribution is 2.36. The number of hydrogen-bond donors (Lipinski definition) is 1. The molecule has 0 aromatic heterocycles. The number of hydrogen-bond acceptors (Lipinski definition) is 5. The van der Waals surface area contributed by atoms with Crippen molar-refractivity contribution in [3.63, 3.8) is 0 Å². The SMILES string of the molecule is COc1cc(/C(C)=N\N=C2c3ccccc3-c3ccccc32)ccc1OCC(=O)O. The third-order valence-corrected chi connectivity index (χ3v) is 4.89. The highest BCUT2D eigenvalue weighted by atomic mass is 16.5. The average molecular weight is 400 g/mol. The fourth-order valence-corrected chi connectivity index (χ4v) is 3.44. The maximum Gasteiger partial charge on any atom is 0.341 e. The lowest BCUT2D eigenvalue weighted by Crippen LogP contribution is -2.10. The number of methoxy groups -OCH3 is 1. The topological polar surface area (TPSA) is 80.5 Å². The fourth-order valence-electron chi connectivity index (χ4n) is 3.44. The van der Waals surface area contributed by atoms with E-state index in [2.05, 4.69) is 34.5 Å². The number of nitrogens with zero attached hydrogens (tertiary/aromatic N) is 2. The van der Waals surface area contributed by atoms with Gasteiger partial charge in [0.2, 0.25) is 0 Å². The van der Waals surface area contributed by atoms with Crippen molar-refractivity contribution in [3.05, 3.63) is 83.4 Å². The first-order valence-corrected chi connectivity index (χ1v) is 9.43. The molecule has 0 heterocycles. The summed E-state index contributed by atoms with van der Waals surface area (Å²) in [5, 5.41) is 17.8. The van der Waals surface area contributed by atoms with E-state index in [0.717, 1.165) is 33.5 Å². The van der Waals surface area contributed by atoms with Crippen LogP contribution in [0.2, 0.25) is 0 Å². The molecule has 150 valence electrons. The Labute approximate surface area is 174 Å². The van der Waals surface area contributed by atoms with Gasteiger partial charge in [-0.15, -0.1) is 5.10 Å². The van der Waals surface area contributed by atoms with Gasteiger partial charge in [0.1, 0.15) is 5.71 Å². The fraction of sp³-hybridized carbons (Fsp3) is 0.125. The van der Waals surface area contributed by atoms with E-state index in [0.29, 0.717) is 17.2 Å². The van der Waals surface area contributed by atoms with Crippen LogP contribution in [-0.2, 0) is 4.79 Å². The second kappa shape index (κ2) is 8.21. The number of ether oxygens (including phenoxy) is 2. The molecule has 0 radical (unpaired) electrons. The predicted molar refractivity (Wildman–Crippen MR) is 116 cm³/mol. The molecular formula is C24H20N2O4. The van der Waals surface area contributed by atoms with Gasteiger partial charge in [0.05, 0.1) is 12.8 Å². The van der Waals surface area contributed by atoms with Crippen LogP contribution in [0.5, 0.6) is 11.5 Å². The molecule has 1 N–H and O–H groups in total. The summed E-state index contributed by atoms with van der Waals surface area (Å²) < 4.78 is 10.6. The molecule has 4 rings (SSSR count). The Hall–Kier alpha value is -3.93. The van der Waals surface area contributed by atoms with Gasteiger partial charge < -0.3 is 14.6 Å². The van der Waals surface area contributed by atoms with Gasteiger partial charge in [0, 0.05) is 16.7 Å². The van der Waals surface area contributed by atoms with Crippen molar-refractivity contribution in [1.29, 1.82) is 0 Å². The van der Waals surface area contributed by atoms with Crippen molar-refractivity contribution in [2.45, 2.75) is 6.92 Å². The van der Waals surface area contributed by atoms with Crippen LogP contribution in [-0.4, -0.2) is 36.2 Å². The maximum absolute atomic E-state index is 10.7. The van der Waals surface area contributed by atoms with Gasteiger partial charge in [0.25, 0.3) is 0 Å². The summed E-state index contributed by atoms with van der Waals surface area (Å²) in [6.45, 7) is 1.43. The van der Waals surface area contributed by atoms with Crippen molar-refractivity contribution in [2.75, 3.05) is 13.7 Å². The van der Waals surface area contributed by atoms with E-state index in [9.17, 15) is 4.79 Å². The summed E-state index contributed by atoms with van der Waals surface area (Å²) in [6.07, 6.45) is 0. The van der Waals surface area contributed by atoms with E-state index >= 15 is 0 Å². The Morgan fingerprint density at radius 3 is 2.07 bits per heavy atom. The van der Waals surface area contributed by atoms with Crippen LogP contribution < -0.4 is 9.47 Å². The third kappa shape index (κ3) is 3.67. The van der Waals surface area contributed by atoms with Gasteiger partial charge in [-0.2, -0.15) is 5.10 Å². The zero-order valence-corrected chi connectivity index (χ0v) is 16.6. The van der Waals surface area contributed by atoms with E-state index in [-0.39, 0.29) is 0 Å². The molecule has 1 aliphatic rings. The molecule has 0 amide bonds.